The minimum atomic E-state index is -0.705. The number of nitrogens with zero attached hydrogens (tertiary/aromatic N) is 1. The maximum Gasteiger partial charge on any atom is 0.295 e. The first-order valence-electron chi connectivity index (χ1n) is 11.2. The van der Waals surface area contributed by atoms with Crippen LogP contribution in [0.15, 0.2) is 60.0 Å². The smallest absolute Gasteiger partial charge is 0.295 e. The molecule has 0 aliphatic carbocycles. The Morgan fingerprint density at radius 1 is 1.24 bits per heavy atom. The second-order valence-corrected chi connectivity index (χ2v) is 9.06. The lowest BCUT2D eigenvalue weighted by atomic mass is 10.00. The highest BCUT2D eigenvalue weighted by molar-refractivity contribution is 7.10. The van der Waals surface area contributed by atoms with Gasteiger partial charge >= 0.3 is 0 Å². The topological polar surface area (TPSA) is 83.3 Å². The first kappa shape index (κ1) is 23.2. The molecule has 0 radical (unpaired) electrons. The molecule has 2 aliphatic heterocycles. The molecule has 0 saturated carbocycles. The second kappa shape index (κ2) is 10.8. The van der Waals surface area contributed by atoms with Crippen LogP contribution >= 0.6 is 11.3 Å². The summed E-state index contributed by atoms with van der Waals surface area (Å²) in [6, 6.07) is 9.72. The van der Waals surface area contributed by atoms with Gasteiger partial charge < -0.3 is 24.4 Å². The van der Waals surface area contributed by atoms with Crippen LogP contribution < -0.4 is 14.7 Å². The van der Waals surface area contributed by atoms with Crippen molar-refractivity contribution in [1.82, 2.24) is 4.90 Å². The fourth-order valence-corrected chi connectivity index (χ4v) is 5.11. The van der Waals surface area contributed by atoms with Crippen LogP contribution in [-0.4, -0.2) is 62.6 Å². The van der Waals surface area contributed by atoms with Crippen molar-refractivity contribution in [2.75, 3.05) is 46.0 Å². The molecule has 1 aromatic heterocycles. The van der Waals surface area contributed by atoms with Crippen LogP contribution in [0.4, 0.5) is 0 Å². The molecule has 7 nitrogen and oxygen atoms in total. The van der Waals surface area contributed by atoms with E-state index in [1.54, 1.807) is 35.2 Å². The number of Topliss-reactive ketones (excluding diaryl/α,β-unsaturated/α-hetero) is 1. The van der Waals surface area contributed by atoms with Gasteiger partial charge in [-0.25, -0.2) is 0 Å². The maximum atomic E-state index is 13.4. The van der Waals surface area contributed by atoms with Gasteiger partial charge in [0.05, 0.1) is 25.8 Å². The number of likely N-dealkylation sites (tertiary alicyclic amines) is 1. The van der Waals surface area contributed by atoms with Crippen LogP contribution in [0.5, 0.6) is 5.75 Å². The number of rotatable bonds is 9. The number of benzene rings is 1. The first-order chi connectivity index (χ1) is 16.1. The molecular weight excluding hydrogens is 440 g/mol. The number of morpholine rings is 1. The molecule has 2 fully saturated rings. The summed E-state index contributed by atoms with van der Waals surface area (Å²) in [7, 11) is 0. The summed E-state index contributed by atoms with van der Waals surface area (Å²) in [5.41, 5.74) is 0.388. The monoisotopic (exact) mass is 468 g/mol. The number of ketones is 1. The lowest BCUT2D eigenvalue weighted by Gasteiger charge is -2.28. The Bertz CT molecular complexity index is 1010. The molecule has 1 atom stereocenters. The molecular formula is C25H28N2O5S. The second-order valence-electron chi connectivity index (χ2n) is 8.08. The quantitative estimate of drug-likeness (QED) is 0.255. The van der Waals surface area contributed by atoms with Crippen molar-refractivity contribution in [3.05, 3.63) is 70.4 Å². The van der Waals surface area contributed by atoms with Crippen molar-refractivity contribution in [3.63, 3.8) is 0 Å². The van der Waals surface area contributed by atoms with E-state index in [4.69, 9.17) is 9.47 Å². The number of thiophene rings is 1. The van der Waals surface area contributed by atoms with E-state index >= 15 is 0 Å². The van der Waals surface area contributed by atoms with E-state index in [1.807, 2.05) is 17.5 Å². The molecule has 0 bridgehead atoms. The van der Waals surface area contributed by atoms with E-state index in [9.17, 15) is 14.7 Å². The molecule has 3 heterocycles. The summed E-state index contributed by atoms with van der Waals surface area (Å²) in [5.74, 6) is -1.11. The zero-order chi connectivity index (χ0) is 23.2. The van der Waals surface area contributed by atoms with E-state index in [-0.39, 0.29) is 5.57 Å². The number of hydrogen-bond acceptors (Lipinski definition) is 6. The lowest BCUT2D eigenvalue weighted by Crippen LogP contribution is -3.14. The minimum absolute atomic E-state index is 0.0286. The normalized spacial score (nSPS) is 20.8. The lowest BCUT2D eigenvalue weighted by molar-refractivity contribution is -0.908. The standard InChI is InChI=1S/C25H28N2O5S/c1-2-14-32-19-8-6-18(7-9-19)23(28)21-22(20-5-3-17-33-20)27(25(30)24(21)29)11-4-10-26-12-15-31-16-13-26/h2-3,5-9,17,22,28H,1,4,10-16H2/b23-21+. The minimum Gasteiger partial charge on any atom is -0.872 e. The van der Waals surface area contributed by atoms with Gasteiger partial charge in [0.25, 0.3) is 5.91 Å². The SMILES string of the molecule is C=CCOc1ccc(/C([O-])=C2\C(=O)C(=O)N(CCC[NH+]3CCOCC3)C2c2cccs2)cc1. The summed E-state index contributed by atoms with van der Waals surface area (Å²) in [5, 5.41) is 15.3. The average molecular weight is 469 g/mol. The predicted molar refractivity (Wildman–Crippen MR) is 124 cm³/mol. The molecule has 2 saturated heterocycles. The third kappa shape index (κ3) is 5.19. The van der Waals surface area contributed by atoms with Crippen molar-refractivity contribution in [2.45, 2.75) is 12.5 Å². The van der Waals surface area contributed by atoms with E-state index < -0.39 is 23.5 Å². The number of nitrogens with one attached hydrogen (secondary N) is 1. The molecule has 1 N–H and O–H groups in total. The maximum absolute atomic E-state index is 13.4. The summed E-state index contributed by atoms with van der Waals surface area (Å²) >= 11 is 1.45. The molecule has 8 heteroatoms. The molecule has 1 amide bonds. The van der Waals surface area contributed by atoms with Gasteiger partial charge in [0.15, 0.2) is 0 Å². The molecule has 2 aliphatic rings. The predicted octanol–water partition coefficient (Wildman–Crippen LogP) is 0.842. The highest BCUT2D eigenvalue weighted by Gasteiger charge is 2.44. The molecule has 0 spiro atoms. The fourth-order valence-electron chi connectivity index (χ4n) is 4.27. The van der Waals surface area contributed by atoms with Gasteiger partial charge in [-0.3, -0.25) is 9.59 Å². The Kier molecular flexibility index (Phi) is 7.59. The highest BCUT2D eigenvalue weighted by atomic mass is 32.1. The average Bonchev–Trinajstić information content (AvgIpc) is 3.46. The summed E-state index contributed by atoms with van der Waals surface area (Å²) < 4.78 is 10.9. The largest absolute Gasteiger partial charge is 0.872 e. The molecule has 174 valence electrons. The molecule has 1 aromatic carbocycles. The third-order valence-corrected chi connectivity index (χ3v) is 6.88. The van der Waals surface area contributed by atoms with Crippen LogP contribution in [0.1, 0.15) is 22.9 Å². The number of amides is 1. The Hall–Kier alpha value is -2.94. The van der Waals surface area contributed by atoms with Gasteiger partial charge in [0.2, 0.25) is 5.78 Å². The van der Waals surface area contributed by atoms with Crippen LogP contribution in [-0.2, 0) is 14.3 Å². The molecule has 2 aromatic rings. The van der Waals surface area contributed by atoms with E-state index in [0.717, 1.165) is 44.1 Å². The highest BCUT2D eigenvalue weighted by Crippen LogP contribution is 2.40. The van der Waals surface area contributed by atoms with Gasteiger partial charge in [0.1, 0.15) is 25.4 Å². The van der Waals surface area contributed by atoms with E-state index in [2.05, 4.69) is 6.58 Å². The Morgan fingerprint density at radius 3 is 2.67 bits per heavy atom. The van der Waals surface area contributed by atoms with Gasteiger partial charge in [-0.2, -0.15) is 0 Å². The van der Waals surface area contributed by atoms with Crippen molar-refractivity contribution in [3.8, 4) is 5.75 Å². The Morgan fingerprint density at radius 2 is 2.00 bits per heavy atom. The Balaban J connectivity index is 1.58. The van der Waals surface area contributed by atoms with E-state index in [1.165, 1.54) is 16.2 Å². The van der Waals surface area contributed by atoms with Crippen LogP contribution in [0, 0.1) is 0 Å². The number of ether oxygens (including phenoxy) is 2. The molecule has 4 rings (SSSR count). The van der Waals surface area contributed by atoms with Crippen molar-refractivity contribution < 1.29 is 29.1 Å². The zero-order valence-corrected chi connectivity index (χ0v) is 19.3. The number of carbonyl (C=O) groups is 2. The Labute approximate surface area is 197 Å². The molecule has 1 unspecified atom stereocenters. The van der Waals surface area contributed by atoms with Crippen molar-refractivity contribution in [2.24, 2.45) is 0 Å². The van der Waals surface area contributed by atoms with Crippen LogP contribution in [0.2, 0.25) is 0 Å². The number of hydrogen-bond donors (Lipinski definition) is 1. The summed E-state index contributed by atoms with van der Waals surface area (Å²) in [6.07, 6.45) is 2.39. The number of carbonyl (C=O) groups excluding carboxylic acids is 2. The van der Waals surface area contributed by atoms with Gasteiger partial charge in [-0.05, 0) is 29.1 Å². The van der Waals surface area contributed by atoms with Gasteiger partial charge in [0, 0.05) is 23.4 Å². The van der Waals surface area contributed by atoms with Crippen LogP contribution in [0.25, 0.3) is 5.76 Å². The van der Waals surface area contributed by atoms with Crippen molar-refractivity contribution >= 4 is 28.8 Å². The zero-order valence-electron chi connectivity index (χ0n) is 18.5. The van der Waals surface area contributed by atoms with Crippen LogP contribution in [0.3, 0.4) is 0 Å². The fraction of sp³-hybridized carbons (Fsp3) is 0.360. The van der Waals surface area contributed by atoms with Gasteiger partial charge in [-0.1, -0.05) is 36.6 Å². The summed E-state index contributed by atoms with van der Waals surface area (Å²) in [6.45, 7) is 8.70. The van der Waals surface area contributed by atoms with E-state index in [0.29, 0.717) is 24.5 Å². The van der Waals surface area contributed by atoms with Gasteiger partial charge in [-0.15, -0.1) is 11.3 Å². The summed E-state index contributed by atoms with van der Waals surface area (Å²) in [4.78, 5) is 29.8. The number of quaternary nitrogens is 1. The molecule has 33 heavy (non-hydrogen) atoms. The van der Waals surface area contributed by atoms with Crippen molar-refractivity contribution in [1.29, 1.82) is 0 Å². The third-order valence-electron chi connectivity index (χ3n) is 5.96. The first-order valence-corrected chi connectivity index (χ1v) is 12.0.